The Hall–Kier alpha value is -1.10. The quantitative estimate of drug-likeness (QED) is 0.764. The minimum Gasteiger partial charge on any atom is -0.407 e. The van der Waals surface area contributed by atoms with Crippen LogP contribution in [0.15, 0.2) is 4.42 Å². The Labute approximate surface area is 95.0 Å². The fourth-order valence-electron chi connectivity index (χ4n) is 1.59. The Balaban J connectivity index is 1.46. The fraction of sp³-hybridized carbons (Fsp3) is 0.818. The molecular weight excluding hydrogens is 204 g/mol. The van der Waals surface area contributed by atoms with E-state index in [1.165, 1.54) is 25.7 Å². The third-order valence-corrected chi connectivity index (χ3v) is 3.36. The molecule has 0 saturated heterocycles. The van der Waals surface area contributed by atoms with E-state index < -0.39 is 0 Å². The van der Waals surface area contributed by atoms with Gasteiger partial charge < -0.3 is 15.1 Å². The lowest BCUT2D eigenvalue weighted by Gasteiger charge is -2.06. The van der Waals surface area contributed by atoms with Crippen molar-refractivity contribution in [3.05, 3.63) is 5.89 Å². The van der Waals surface area contributed by atoms with Crippen molar-refractivity contribution in [3.63, 3.8) is 0 Å². The maximum absolute atomic E-state index is 5.49. The van der Waals surface area contributed by atoms with Crippen molar-refractivity contribution in [2.45, 2.75) is 45.2 Å². The van der Waals surface area contributed by atoms with Crippen LogP contribution in [0.25, 0.3) is 0 Å². The van der Waals surface area contributed by atoms with E-state index in [0.29, 0.717) is 29.9 Å². The van der Waals surface area contributed by atoms with Gasteiger partial charge >= 0.3 is 6.01 Å². The van der Waals surface area contributed by atoms with Crippen molar-refractivity contribution in [1.82, 2.24) is 15.5 Å². The predicted molar refractivity (Wildman–Crippen MR) is 60.0 cm³/mol. The smallest absolute Gasteiger partial charge is 0.315 e. The van der Waals surface area contributed by atoms with E-state index in [2.05, 4.69) is 27.8 Å². The van der Waals surface area contributed by atoms with E-state index in [9.17, 15) is 0 Å². The van der Waals surface area contributed by atoms with Gasteiger partial charge in [0.15, 0.2) is 0 Å². The number of anilines is 1. The number of nitrogens with zero attached hydrogens (tertiary/aromatic N) is 2. The summed E-state index contributed by atoms with van der Waals surface area (Å²) in [5.41, 5.74) is 0.459. The molecule has 5 heteroatoms. The van der Waals surface area contributed by atoms with Crippen molar-refractivity contribution in [2.24, 2.45) is 5.41 Å². The summed E-state index contributed by atoms with van der Waals surface area (Å²) in [7, 11) is 0. The second-order valence-electron chi connectivity index (χ2n) is 5.32. The van der Waals surface area contributed by atoms with Crippen LogP contribution in [0.4, 0.5) is 6.01 Å². The molecule has 0 radical (unpaired) electrons. The highest BCUT2D eigenvalue weighted by Gasteiger charge is 2.37. The van der Waals surface area contributed by atoms with Crippen LogP contribution in [0.3, 0.4) is 0 Å². The van der Waals surface area contributed by atoms with Crippen LogP contribution in [0, 0.1) is 5.41 Å². The predicted octanol–water partition coefficient (Wildman–Crippen LogP) is 1.53. The van der Waals surface area contributed by atoms with Crippen molar-refractivity contribution in [1.29, 1.82) is 0 Å². The molecule has 0 unspecified atom stereocenters. The topological polar surface area (TPSA) is 63.0 Å². The second kappa shape index (κ2) is 3.73. The SMILES string of the molecule is CC1(CNc2nnc(CNC3CC3)o2)CC1. The summed E-state index contributed by atoms with van der Waals surface area (Å²) < 4.78 is 5.49. The van der Waals surface area contributed by atoms with E-state index in [0.717, 1.165) is 6.54 Å². The first-order valence-corrected chi connectivity index (χ1v) is 6.03. The van der Waals surface area contributed by atoms with Crippen molar-refractivity contribution in [2.75, 3.05) is 11.9 Å². The molecule has 0 aliphatic heterocycles. The van der Waals surface area contributed by atoms with Crippen LogP contribution in [-0.2, 0) is 6.54 Å². The molecule has 88 valence electrons. The zero-order valence-corrected chi connectivity index (χ0v) is 9.62. The third kappa shape index (κ3) is 2.52. The number of rotatable bonds is 6. The maximum Gasteiger partial charge on any atom is 0.315 e. The first-order valence-electron chi connectivity index (χ1n) is 6.03. The number of hydrogen-bond acceptors (Lipinski definition) is 5. The van der Waals surface area contributed by atoms with Gasteiger partial charge in [-0.25, -0.2) is 0 Å². The lowest BCUT2D eigenvalue weighted by molar-refractivity contribution is 0.470. The summed E-state index contributed by atoms with van der Waals surface area (Å²) in [6.07, 6.45) is 5.14. The Morgan fingerprint density at radius 1 is 1.38 bits per heavy atom. The molecule has 2 aliphatic carbocycles. The van der Waals surface area contributed by atoms with Gasteiger partial charge in [0.25, 0.3) is 0 Å². The molecule has 0 spiro atoms. The highest BCUT2D eigenvalue weighted by atomic mass is 16.4. The van der Waals surface area contributed by atoms with E-state index in [1.54, 1.807) is 0 Å². The standard InChI is InChI=1S/C11H18N4O/c1-11(4-5-11)7-13-10-15-14-9(16-10)6-12-8-2-3-8/h8,12H,2-7H2,1H3,(H,13,15). The average molecular weight is 222 g/mol. The van der Waals surface area contributed by atoms with Crippen molar-refractivity contribution < 1.29 is 4.42 Å². The molecule has 2 fully saturated rings. The zero-order chi connectivity index (χ0) is 11.0. The third-order valence-electron chi connectivity index (χ3n) is 3.36. The normalized spacial score (nSPS) is 22.1. The van der Waals surface area contributed by atoms with E-state index in [1.807, 2.05) is 0 Å². The van der Waals surface area contributed by atoms with Crippen LogP contribution >= 0.6 is 0 Å². The summed E-state index contributed by atoms with van der Waals surface area (Å²) in [6.45, 7) is 3.90. The highest BCUT2D eigenvalue weighted by molar-refractivity contribution is 5.19. The summed E-state index contributed by atoms with van der Waals surface area (Å²) in [4.78, 5) is 0. The van der Waals surface area contributed by atoms with Crippen molar-refractivity contribution >= 4 is 6.01 Å². The van der Waals surface area contributed by atoms with Crippen molar-refractivity contribution in [3.8, 4) is 0 Å². The molecule has 0 atom stereocenters. The zero-order valence-electron chi connectivity index (χ0n) is 9.62. The average Bonchev–Trinajstić information content (AvgIpc) is 3.18. The van der Waals surface area contributed by atoms with E-state index in [4.69, 9.17) is 4.42 Å². The van der Waals surface area contributed by atoms with Gasteiger partial charge in [0.1, 0.15) is 0 Å². The minimum atomic E-state index is 0.459. The highest BCUT2D eigenvalue weighted by Crippen LogP contribution is 2.44. The molecule has 5 nitrogen and oxygen atoms in total. The number of hydrogen-bond donors (Lipinski definition) is 2. The first-order chi connectivity index (χ1) is 7.73. The number of aromatic nitrogens is 2. The second-order valence-corrected chi connectivity index (χ2v) is 5.32. The summed E-state index contributed by atoms with van der Waals surface area (Å²) in [5, 5.41) is 14.5. The Morgan fingerprint density at radius 3 is 2.88 bits per heavy atom. The molecule has 0 bridgehead atoms. The molecule has 0 aromatic carbocycles. The largest absolute Gasteiger partial charge is 0.407 e. The molecule has 3 rings (SSSR count). The molecule has 2 N–H and O–H groups in total. The van der Waals surface area contributed by atoms with Gasteiger partial charge in [-0.2, -0.15) is 0 Å². The van der Waals surface area contributed by atoms with Gasteiger partial charge in [-0.1, -0.05) is 12.0 Å². The Bertz CT molecular complexity index is 368. The van der Waals surface area contributed by atoms with Gasteiger partial charge in [0.05, 0.1) is 6.54 Å². The molecule has 2 aliphatic rings. The minimum absolute atomic E-state index is 0.459. The van der Waals surface area contributed by atoms with Crippen LogP contribution in [0.1, 0.15) is 38.5 Å². The van der Waals surface area contributed by atoms with Crippen LogP contribution in [-0.4, -0.2) is 22.8 Å². The first kappa shape index (κ1) is 10.1. The summed E-state index contributed by atoms with van der Waals surface area (Å²) in [6, 6.07) is 1.23. The Kier molecular flexibility index (Phi) is 2.35. The van der Waals surface area contributed by atoms with Crippen LogP contribution < -0.4 is 10.6 Å². The molecule has 1 heterocycles. The van der Waals surface area contributed by atoms with E-state index >= 15 is 0 Å². The van der Waals surface area contributed by atoms with Gasteiger partial charge in [0.2, 0.25) is 5.89 Å². The molecule has 1 aromatic rings. The molecule has 0 amide bonds. The lowest BCUT2D eigenvalue weighted by atomic mass is 10.1. The monoisotopic (exact) mass is 222 g/mol. The van der Waals surface area contributed by atoms with Crippen LogP contribution in [0.2, 0.25) is 0 Å². The fourth-order valence-corrected chi connectivity index (χ4v) is 1.59. The van der Waals surface area contributed by atoms with Gasteiger partial charge in [-0.3, -0.25) is 0 Å². The summed E-state index contributed by atoms with van der Waals surface area (Å²) in [5.74, 6) is 0.676. The molecular formula is C11H18N4O. The molecule has 2 saturated carbocycles. The number of nitrogens with one attached hydrogen (secondary N) is 2. The summed E-state index contributed by atoms with van der Waals surface area (Å²) >= 11 is 0. The lowest BCUT2D eigenvalue weighted by Crippen LogP contribution is -2.15. The van der Waals surface area contributed by atoms with Gasteiger partial charge in [-0.15, -0.1) is 5.10 Å². The Morgan fingerprint density at radius 2 is 2.19 bits per heavy atom. The van der Waals surface area contributed by atoms with Gasteiger partial charge in [0, 0.05) is 12.6 Å². The van der Waals surface area contributed by atoms with E-state index in [-0.39, 0.29) is 0 Å². The van der Waals surface area contributed by atoms with Crippen LogP contribution in [0.5, 0.6) is 0 Å². The molecule has 16 heavy (non-hydrogen) atoms. The van der Waals surface area contributed by atoms with Gasteiger partial charge in [-0.05, 0) is 31.1 Å². The molecule has 1 aromatic heterocycles. The maximum atomic E-state index is 5.49.